The molecule has 17 heavy (non-hydrogen) atoms. The molecule has 0 fully saturated rings. The minimum absolute atomic E-state index is 0.161. The molecule has 0 unspecified atom stereocenters. The van der Waals surface area contributed by atoms with Crippen LogP contribution in [0.4, 0.5) is 0 Å². The van der Waals surface area contributed by atoms with Gasteiger partial charge in [-0.15, -0.1) is 11.8 Å². The third-order valence-electron chi connectivity index (χ3n) is 2.16. The summed E-state index contributed by atoms with van der Waals surface area (Å²) in [6.07, 6.45) is 5.13. The molecule has 0 aromatic carbocycles. The lowest BCUT2D eigenvalue weighted by atomic mass is 10.1. The number of hydrogen-bond acceptors (Lipinski definition) is 3. The SMILES string of the molecule is CC#CCCCC/C=C(\C(C)=O)C(=O)OCC. The molecule has 0 aromatic rings. The molecule has 0 bridgehead atoms. The second-order valence-electron chi connectivity index (χ2n) is 3.57. The van der Waals surface area contributed by atoms with Crippen molar-refractivity contribution in [3.63, 3.8) is 0 Å². The number of rotatable bonds is 7. The summed E-state index contributed by atoms with van der Waals surface area (Å²) in [5.41, 5.74) is 0.161. The summed E-state index contributed by atoms with van der Waals surface area (Å²) >= 11 is 0. The molecule has 0 aliphatic rings. The number of allylic oxidation sites excluding steroid dienone is 1. The number of carbonyl (C=O) groups is 2. The molecule has 0 rings (SSSR count). The molecule has 0 aliphatic carbocycles. The molecule has 0 heterocycles. The lowest BCUT2D eigenvalue weighted by Crippen LogP contribution is -2.13. The zero-order chi connectivity index (χ0) is 13.1. The summed E-state index contributed by atoms with van der Waals surface area (Å²) in [6, 6.07) is 0. The molecule has 0 aromatic heterocycles. The first-order chi connectivity index (χ1) is 8.13. The van der Waals surface area contributed by atoms with E-state index in [1.807, 2.05) is 6.92 Å². The van der Waals surface area contributed by atoms with Crippen LogP contribution in [0.5, 0.6) is 0 Å². The van der Waals surface area contributed by atoms with E-state index in [0.717, 1.165) is 19.3 Å². The van der Waals surface area contributed by atoms with Gasteiger partial charge in [0.2, 0.25) is 0 Å². The third kappa shape index (κ3) is 7.35. The largest absolute Gasteiger partial charge is 0.462 e. The van der Waals surface area contributed by atoms with Gasteiger partial charge in [-0.25, -0.2) is 4.79 Å². The number of ketones is 1. The highest BCUT2D eigenvalue weighted by atomic mass is 16.5. The van der Waals surface area contributed by atoms with Crippen molar-refractivity contribution in [3.8, 4) is 11.8 Å². The summed E-state index contributed by atoms with van der Waals surface area (Å²) in [5, 5.41) is 0. The number of carbonyl (C=O) groups excluding carboxylic acids is 2. The van der Waals surface area contributed by atoms with Crippen LogP contribution in [0.1, 0.15) is 46.5 Å². The average Bonchev–Trinajstić information content (AvgIpc) is 2.27. The van der Waals surface area contributed by atoms with Crippen LogP contribution in [0, 0.1) is 11.8 Å². The van der Waals surface area contributed by atoms with Crippen LogP contribution in [0.15, 0.2) is 11.6 Å². The molecule has 0 spiro atoms. The molecule has 0 saturated heterocycles. The Morgan fingerprint density at radius 1 is 1.29 bits per heavy atom. The highest BCUT2D eigenvalue weighted by Crippen LogP contribution is 2.06. The molecule has 0 N–H and O–H groups in total. The Morgan fingerprint density at radius 3 is 2.53 bits per heavy atom. The van der Waals surface area contributed by atoms with E-state index in [-0.39, 0.29) is 18.0 Å². The van der Waals surface area contributed by atoms with Gasteiger partial charge < -0.3 is 4.74 Å². The highest BCUT2D eigenvalue weighted by molar-refractivity contribution is 6.16. The minimum atomic E-state index is -0.520. The van der Waals surface area contributed by atoms with Gasteiger partial charge in [0.1, 0.15) is 0 Å². The van der Waals surface area contributed by atoms with Crippen LogP contribution in [0.2, 0.25) is 0 Å². The van der Waals surface area contributed by atoms with Gasteiger partial charge in [0.25, 0.3) is 0 Å². The van der Waals surface area contributed by atoms with Crippen molar-refractivity contribution in [2.45, 2.75) is 46.5 Å². The monoisotopic (exact) mass is 236 g/mol. The van der Waals surface area contributed by atoms with Gasteiger partial charge >= 0.3 is 5.97 Å². The van der Waals surface area contributed by atoms with Gasteiger partial charge in [0, 0.05) is 6.42 Å². The Labute approximate surface area is 103 Å². The number of esters is 1. The van der Waals surface area contributed by atoms with Crippen molar-refractivity contribution in [3.05, 3.63) is 11.6 Å². The molecular weight excluding hydrogens is 216 g/mol. The standard InChI is InChI=1S/C14H20O3/c1-4-6-7-8-9-10-11-13(12(3)15)14(16)17-5-2/h11H,5,7-10H2,1-3H3/b13-11+. The maximum Gasteiger partial charge on any atom is 0.341 e. The van der Waals surface area contributed by atoms with Gasteiger partial charge in [0.15, 0.2) is 5.78 Å². The van der Waals surface area contributed by atoms with Gasteiger partial charge in [-0.3, -0.25) is 4.79 Å². The molecule has 3 heteroatoms. The first-order valence-electron chi connectivity index (χ1n) is 5.91. The normalized spacial score (nSPS) is 10.4. The topological polar surface area (TPSA) is 43.4 Å². The van der Waals surface area contributed by atoms with E-state index >= 15 is 0 Å². The smallest absolute Gasteiger partial charge is 0.341 e. The van der Waals surface area contributed by atoms with Crippen molar-refractivity contribution >= 4 is 11.8 Å². The third-order valence-corrected chi connectivity index (χ3v) is 2.16. The Morgan fingerprint density at radius 2 is 2.00 bits per heavy atom. The summed E-state index contributed by atoms with van der Waals surface area (Å²) in [4.78, 5) is 22.7. The molecule has 3 nitrogen and oxygen atoms in total. The first-order valence-corrected chi connectivity index (χ1v) is 5.91. The van der Waals surface area contributed by atoms with E-state index < -0.39 is 5.97 Å². The van der Waals surface area contributed by atoms with Crippen LogP contribution < -0.4 is 0 Å². The molecule has 0 aliphatic heterocycles. The number of ether oxygens (including phenoxy) is 1. The van der Waals surface area contributed by atoms with Crippen LogP contribution in [0.3, 0.4) is 0 Å². The number of hydrogen-bond donors (Lipinski definition) is 0. The first kappa shape index (κ1) is 15.4. The van der Waals surface area contributed by atoms with E-state index in [1.165, 1.54) is 6.92 Å². The fraction of sp³-hybridized carbons (Fsp3) is 0.571. The van der Waals surface area contributed by atoms with E-state index in [2.05, 4.69) is 11.8 Å². The highest BCUT2D eigenvalue weighted by Gasteiger charge is 2.14. The molecule has 0 radical (unpaired) electrons. The molecule has 94 valence electrons. The summed E-state index contributed by atoms with van der Waals surface area (Å²) in [6.45, 7) is 5.20. The average molecular weight is 236 g/mol. The van der Waals surface area contributed by atoms with Gasteiger partial charge in [-0.2, -0.15) is 0 Å². The summed E-state index contributed by atoms with van der Waals surface area (Å²) < 4.78 is 4.81. The number of Topliss-reactive ketones (excluding diaryl/α,β-unsaturated/α-hetero) is 1. The zero-order valence-electron chi connectivity index (χ0n) is 10.8. The maximum atomic E-state index is 11.4. The molecule has 0 atom stereocenters. The van der Waals surface area contributed by atoms with Crippen molar-refractivity contribution < 1.29 is 14.3 Å². The fourth-order valence-corrected chi connectivity index (χ4v) is 1.31. The van der Waals surface area contributed by atoms with Crippen LogP contribution in [-0.4, -0.2) is 18.4 Å². The van der Waals surface area contributed by atoms with Crippen molar-refractivity contribution in [2.24, 2.45) is 0 Å². The Hall–Kier alpha value is -1.56. The number of unbranched alkanes of at least 4 members (excludes halogenated alkanes) is 3. The van der Waals surface area contributed by atoms with E-state index in [9.17, 15) is 9.59 Å². The lowest BCUT2D eigenvalue weighted by Gasteiger charge is -2.03. The Kier molecular flexibility index (Phi) is 8.77. The predicted octanol–water partition coefficient (Wildman–Crippen LogP) is 2.65. The van der Waals surface area contributed by atoms with E-state index in [4.69, 9.17) is 4.74 Å². The van der Waals surface area contributed by atoms with Crippen LogP contribution >= 0.6 is 0 Å². The minimum Gasteiger partial charge on any atom is -0.462 e. The summed E-state index contributed by atoms with van der Waals surface area (Å²) in [7, 11) is 0. The van der Waals surface area contributed by atoms with Crippen LogP contribution in [-0.2, 0) is 14.3 Å². The molecular formula is C14H20O3. The fourth-order valence-electron chi connectivity index (χ4n) is 1.31. The Bertz CT molecular complexity index is 342. The summed E-state index contributed by atoms with van der Waals surface area (Å²) in [5.74, 6) is 5.04. The van der Waals surface area contributed by atoms with Gasteiger partial charge in [-0.1, -0.05) is 6.08 Å². The van der Waals surface area contributed by atoms with Gasteiger partial charge in [-0.05, 0) is 40.0 Å². The predicted molar refractivity (Wildman–Crippen MR) is 67.3 cm³/mol. The van der Waals surface area contributed by atoms with Gasteiger partial charge in [0.05, 0.1) is 12.2 Å². The van der Waals surface area contributed by atoms with Crippen molar-refractivity contribution in [1.82, 2.24) is 0 Å². The van der Waals surface area contributed by atoms with Crippen molar-refractivity contribution in [1.29, 1.82) is 0 Å². The lowest BCUT2D eigenvalue weighted by molar-refractivity contribution is -0.139. The quantitative estimate of drug-likeness (QED) is 0.170. The van der Waals surface area contributed by atoms with Crippen molar-refractivity contribution in [2.75, 3.05) is 6.61 Å². The molecule has 0 saturated carbocycles. The van der Waals surface area contributed by atoms with E-state index in [1.54, 1.807) is 13.0 Å². The van der Waals surface area contributed by atoms with E-state index in [0.29, 0.717) is 6.42 Å². The second-order valence-corrected chi connectivity index (χ2v) is 3.57. The molecule has 0 amide bonds. The zero-order valence-corrected chi connectivity index (χ0v) is 10.8. The second kappa shape index (κ2) is 9.65. The Balaban J connectivity index is 4.16. The van der Waals surface area contributed by atoms with Crippen LogP contribution in [0.25, 0.3) is 0 Å². The maximum absolute atomic E-state index is 11.4.